The van der Waals surface area contributed by atoms with Crippen LogP contribution in [0.1, 0.15) is 69.1 Å². The predicted octanol–water partition coefficient (Wildman–Crippen LogP) is 5.39. The lowest BCUT2D eigenvalue weighted by molar-refractivity contribution is -0.123. The van der Waals surface area contributed by atoms with Crippen LogP contribution in [0.5, 0.6) is 0 Å². The molecule has 0 bridgehead atoms. The highest BCUT2D eigenvalue weighted by Crippen LogP contribution is 2.26. The van der Waals surface area contributed by atoms with Crippen LogP contribution in [0.3, 0.4) is 0 Å². The molecule has 2 heteroatoms. The lowest BCUT2D eigenvalue weighted by Gasteiger charge is -2.19. The van der Waals surface area contributed by atoms with Gasteiger partial charge in [0.15, 0.2) is 0 Å². The summed E-state index contributed by atoms with van der Waals surface area (Å²) in [5, 5.41) is 2.05. The molecule has 0 amide bonds. The van der Waals surface area contributed by atoms with Gasteiger partial charge in [-0.3, -0.25) is 4.79 Å². The average Bonchev–Trinajstić information content (AvgIpc) is 3.15. The molecule has 1 nitrogen and oxygen atoms in total. The van der Waals surface area contributed by atoms with Gasteiger partial charge in [0.05, 0.1) is 0 Å². The summed E-state index contributed by atoms with van der Waals surface area (Å²) in [6, 6.07) is 4.08. The lowest BCUT2D eigenvalue weighted by atomic mass is 9.85. The number of carbonyl (C=O) groups is 1. The fraction of sp³-hybridized carbons (Fsp3) is 0.706. The molecule has 2 aliphatic carbocycles. The lowest BCUT2D eigenvalue weighted by Crippen LogP contribution is -2.19. The minimum absolute atomic E-state index is 0.367. The van der Waals surface area contributed by atoms with Crippen LogP contribution in [0.25, 0.3) is 0 Å². The van der Waals surface area contributed by atoms with Gasteiger partial charge in [-0.2, -0.15) is 0 Å². The number of ketones is 1. The molecule has 1 aromatic heterocycles. The second kappa shape index (κ2) is 8.52. The molecule has 0 spiro atoms. The molecular weight excluding hydrogens is 252 g/mol. The normalized spacial score (nSPS) is 19.8. The summed E-state index contributed by atoms with van der Waals surface area (Å²) in [4.78, 5) is 13.1. The van der Waals surface area contributed by atoms with Gasteiger partial charge in [-0.25, -0.2) is 0 Å². The van der Waals surface area contributed by atoms with Gasteiger partial charge in [-0.15, -0.1) is 11.3 Å². The summed E-state index contributed by atoms with van der Waals surface area (Å²) < 4.78 is 0. The Labute approximate surface area is 121 Å². The molecule has 2 aliphatic rings. The zero-order valence-corrected chi connectivity index (χ0v) is 12.7. The van der Waals surface area contributed by atoms with Gasteiger partial charge in [0.2, 0.25) is 0 Å². The molecule has 0 aliphatic heterocycles. The van der Waals surface area contributed by atoms with Gasteiger partial charge in [-0.05, 0) is 24.3 Å². The second-order valence-corrected chi connectivity index (χ2v) is 6.86. The number of Topliss-reactive ketones (excluding diaryl/α,β-unsaturated/α-hetero) is 1. The average molecular weight is 278 g/mol. The van der Waals surface area contributed by atoms with Gasteiger partial charge in [0.25, 0.3) is 0 Å². The third kappa shape index (κ3) is 5.48. The summed E-state index contributed by atoms with van der Waals surface area (Å²) >= 11 is 1.69. The van der Waals surface area contributed by atoms with Crippen molar-refractivity contribution in [1.82, 2.24) is 0 Å². The van der Waals surface area contributed by atoms with E-state index in [2.05, 4.69) is 6.07 Å². The number of carbonyl (C=O) groups excluding carboxylic acids is 1. The van der Waals surface area contributed by atoms with Crippen molar-refractivity contribution < 1.29 is 4.79 Å². The zero-order chi connectivity index (χ0) is 13.3. The number of thiophene rings is 1. The van der Waals surface area contributed by atoms with E-state index in [1.807, 2.05) is 11.4 Å². The minimum Gasteiger partial charge on any atom is -0.299 e. The van der Waals surface area contributed by atoms with Crippen molar-refractivity contribution in [2.24, 2.45) is 5.92 Å². The Bertz CT molecular complexity index is 338. The first kappa shape index (κ1) is 14.8. The van der Waals surface area contributed by atoms with Crippen molar-refractivity contribution in [2.45, 2.75) is 70.6 Å². The van der Waals surface area contributed by atoms with E-state index >= 15 is 0 Å². The van der Waals surface area contributed by atoms with Crippen molar-refractivity contribution in [2.75, 3.05) is 0 Å². The molecule has 0 unspecified atom stereocenters. The van der Waals surface area contributed by atoms with E-state index in [1.165, 1.54) is 56.2 Å². The quantitative estimate of drug-likeness (QED) is 0.724. The van der Waals surface area contributed by atoms with Crippen LogP contribution in [-0.4, -0.2) is 5.78 Å². The first-order chi connectivity index (χ1) is 9.36. The van der Waals surface area contributed by atoms with Crippen molar-refractivity contribution in [3.05, 3.63) is 22.4 Å². The van der Waals surface area contributed by atoms with Crippen molar-refractivity contribution >= 4 is 17.1 Å². The maximum Gasteiger partial charge on any atom is 0.141 e. The minimum atomic E-state index is 0.367. The molecule has 2 fully saturated rings. The summed E-state index contributed by atoms with van der Waals surface area (Å²) in [6.07, 6.45) is 14.3. The highest BCUT2D eigenvalue weighted by molar-refractivity contribution is 7.10. The van der Waals surface area contributed by atoms with Crippen molar-refractivity contribution in [3.63, 3.8) is 0 Å². The van der Waals surface area contributed by atoms with Crippen LogP contribution >= 0.6 is 11.3 Å². The number of hydrogen-bond acceptors (Lipinski definition) is 2. The first-order valence-electron chi connectivity index (χ1n) is 7.91. The largest absolute Gasteiger partial charge is 0.299 e. The number of rotatable bonds is 3. The standard InChI is InChI=1S/C12H16OS.C5H10/c13-12(9-11-7-4-8-14-11)10-5-2-1-3-6-10;1-2-4-5-3-1/h4,7-8,10H,1-3,5-6,9H2;1-5H2. The topological polar surface area (TPSA) is 17.1 Å². The first-order valence-corrected chi connectivity index (χ1v) is 8.79. The van der Waals surface area contributed by atoms with Gasteiger partial charge >= 0.3 is 0 Å². The van der Waals surface area contributed by atoms with Gasteiger partial charge in [-0.1, -0.05) is 57.4 Å². The molecule has 0 radical (unpaired) electrons. The molecule has 19 heavy (non-hydrogen) atoms. The van der Waals surface area contributed by atoms with Gasteiger partial charge in [0, 0.05) is 17.2 Å². The van der Waals surface area contributed by atoms with Gasteiger partial charge in [0.1, 0.15) is 5.78 Å². The van der Waals surface area contributed by atoms with Gasteiger partial charge < -0.3 is 0 Å². The summed E-state index contributed by atoms with van der Waals surface area (Å²) in [5.41, 5.74) is 0. The Kier molecular flexibility index (Phi) is 6.63. The predicted molar refractivity (Wildman–Crippen MR) is 82.7 cm³/mol. The van der Waals surface area contributed by atoms with E-state index in [9.17, 15) is 4.79 Å². The Morgan fingerprint density at radius 1 is 1.00 bits per heavy atom. The van der Waals surface area contributed by atoms with Crippen LogP contribution in [0.15, 0.2) is 17.5 Å². The van der Waals surface area contributed by atoms with E-state index in [4.69, 9.17) is 0 Å². The zero-order valence-electron chi connectivity index (χ0n) is 11.9. The third-order valence-electron chi connectivity index (χ3n) is 4.24. The van der Waals surface area contributed by atoms with Crippen LogP contribution in [0.2, 0.25) is 0 Å². The maximum absolute atomic E-state index is 11.9. The van der Waals surface area contributed by atoms with Crippen LogP contribution < -0.4 is 0 Å². The van der Waals surface area contributed by atoms with E-state index in [0.29, 0.717) is 18.1 Å². The van der Waals surface area contributed by atoms with E-state index in [0.717, 1.165) is 12.8 Å². The Morgan fingerprint density at radius 2 is 1.58 bits per heavy atom. The van der Waals surface area contributed by atoms with Crippen LogP contribution in [0, 0.1) is 5.92 Å². The molecule has 3 rings (SSSR count). The molecule has 0 saturated heterocycles. The van der Waals surface area contributed by atoms with E-state index in [-0.39, 0.29) is 0 Å². The van der Waals surface area contributed by atoms with Crippen LogP contribution in [-0.2, 0) is 11.2 Å². The fourth-order valence-electron chi connectivity index (χ4n) is 3.04. The molecule has 106 valence electrons. The van der Waals surface area contributed by atoms with Crippen molar-refractivity contribution in [1.29, 1.82) is 0 Å². The fourth-order valence-corrected chi connectivity index (χ4v) is 3.75. The molecule has 0 N–H and O–H groups in total. The molecule has 0 aromatic carbocycles. The second-order valence-electron chi connectivity index (χ2n) is 5.83. The van der Waals surface area contributed by atoms with E-state index in [1.54, 1.807) is 11.3 Å². The smallest absolute Gasteiger partial charge is 0.141 e. The molecule has 1 aromatic rings. The highest BCUT2D eigenvalue weighted by atomic mass is 32.1. The summed E-state index contributed by atoms with van der Waals surface area (Å²) in [7, 11) is 0. The molecule has 1 heterocycles. The third-order valence-corrected chi connectivity index (χ3v) is 5.12. The monoisotopic (exact) mass is 278 g/mol. The van der Waals surface area contributed by atoms with Crippen molar-refractivity contribution in [3.8, 4) is 0 Å². The Balaban J connectivity index is 0.000000224. The Hall–Kier alpha value is -0.630. The SMILES string of the molecule is C1CCCC1.O=C(Cc1cccs1)C1CCCCC1. The maximum atomic E-state index is 11.9. The number of hydrogen-bond donors (Lipinski definition) is 0. The summed E-state index contributed by atoms with van der Waals surface area (Å²) in [6.45, 7) is 0. The summed E-state index contributed by atoms with van der Waals surface area (Å²) in [5.74, 6) is 0.831. The Morgan fingerprint density at radius 3 is 2.11 bits per heavy atom. The molecule has 2 saturated carbocycles. The highest BCUT2D eigenvalue weighted by Gasteiger charge is 2.20. The molecule has 0 atom stereocenters. The molecular formula is C17H26OS. The van der Waals surface area contributed by atoms with E-state index < -0.39 is 0 Å². The van der Waals surface area contributed by atoms with Crippen LogP contribution in [0.4, 0.5) is 0 Å².